The van der Waals surface area contributed by atoms with Gasteiger partial charge in [0.2, 0.25) is 5.91 Å². The van der Waals surface area contributed by atoms with E-state index in [1.54, 1.807) is 4.57 Å². The lowest BCUT2D eigenvalue weighted by Gasteiger charge is -2.26. The average Bonchev–Trinajstić information content (AvgIpc) is 3.36. The summed E-state index contributed by atoms with van der Waals surface area (Å²) in [5, 5.41) is 4.10. The van der Waals surface area contributed by atoms with E-state index in [1.165, 1.54) is 11.1 Å². The third-order valence-electron chi connectivity index (χ3n) is 6.85. The van der Waals surface area contributed by atoms with Gasteiger partial charge in [-0.3, -0.25) is 19.1 Å². The summed E-state index contributed by atoms with van der Waals surface area (Å²) in [7, 11) is 0. The Morgan fingerprint density at radius 3 is 2.42 bits per heavy atom. The smallest absolute Gasteiger partial charge is 0.251 e. The molecule has 0 saturated heterocycles. The van der Waals surface area contributed by atoms with Crippen LogP contribution in [0.4, 0.5) is 0 Å². The molecule has 1 aromatic heterocycles. The van der Waals surface area contributed by atoms with Gasteiger partial charge >= 0.3 is 0 Å². The van der Waals surface area contributed by atoms with Gasteiger partial charge in [-0.05, 0) is 53.4 Å². The Labute approximate surface area is 212 Å². The van der Waals surface area contributed by atoms with Crippen LogP contribution in [0.2, 0.25) is 0 Å². The van der Waals surface area contributed by atoms with Gasteiger partial charge in [0.05, 0.1) is 5.52 Å². The molecule has 182 valence electrons. The van der Waals surface area contributed by atoms with Crippen LogP contribution in [0.15, 0.2) is 96.7 Å². The maximum Gasteiger partial charge on any atom is 0.251 e. The third kappa shape index (κ3) is 5.31. The molecule has 0 spiro atoms. The molecule has 1 aliphatic heterocycles. The van der Waals surface area contributed by atoms with Crippen LogP contribution in [-0.4, -0.2) is 40.9 Å². The minimum atomic E-state index is -0.0558. The Bertz CT molecular complexity index is 1400. The second-order valence-corrected chi connectivity index (χ2v) is 9.30. The molecule has 0 radical (unpaired) electrons. The van der Waals surface area contributed by atoms with E-state index in [2.05, 4.69) is 46.6 Å². The van der Waals surface area contributed by atoms with E-state index >= 15 is 0 Å². The molecule has 4 aromatic rings. The Kier molecular flexibility index (Phi) is 7.10. The van der Waals surface area contributed by atoms with Crippen LogP contribution in [0.5, 0.6) is 0 Å². The average molecular weight is 478 g/mol. The summed E-state index contributed by atoms with van der Waals surface area (Å²) in [5.41, 5.74) is 6.28. The predicted octanol–water partition coefficient (Wildman–Crippen LogP) is 5.92. The molecule has 2 heterocycles. The van der Waals surface area contributed by atoms with Gasteiger partial charge in [0.1, 0.15) is 0 Å². The highest BCUT2D eigenvalue weighted by atomic mass is 16.2. The van der Waals surface area contributed by atoms with Crippen molar-refractivity contribution in [1.29, 1.82) is 0 Å². The molecule has 5 nitrogen and oxygen atoms in total. The molecule has 1 N–H and O–H groups in total. The molecule has 5 heteroatoms. The van der Waals surface area contributed by atoms with E-state index in [4.69, 9.17) is 0 Å². The number of benzene rings is 3. The fourth-order valence-electron chi connectivity index (χ4n) is 4.72. The quantitative estimate of drug-likeness (QED) is 0.336. The fourth-order valence-corrected chi connectivity index (χ4v) is 4.72. The van der Waals surface area contributed by atoms with Crippen LogP contribution in [0, 0.1) is 0 Å². The van der Waals surface area contributed by atoms with Crippen LogP contribution < -0.4 is 5.32 Å². The fraction of sp³-hybridized carbons (Fsp3) is 0.226. The van der Waals surface area contributed by atoms with Crippen LogP contribution >= 0.6 is 0 Å². The minimum absolute atomic E-state index is 0.0558. The van der Waals surface area contributed by atoms with Gasteiger partial charge in [-0.15, -0.1) is 0 Å². The highest BCUT2D eigenvalue weighted by Crippen LogP contribution is 2.26. The predicted molar refractivity (Wildman–Crippen MR) is 145 cm³/mol. The molecule has 5 rings (SSSR count). The lowest BCUT2D eigenvalue weighted by atomic mass is 10.0. The largest absolute Gasteiger partial charge is 0.348 e. The first-order valence-corrected chi connectivity index (χ1v) is 12.6. The first-order chi connectivity index (χ1) is 17.6. The molecule has 0 aliphatic carbocycles. The van der Waals surface area contributed by atoms with E-state index < -0.39 is 0 Å². The molecular formula is C31H31N3O2. The van der Waals surface area contributed by atoms with Gasteiger partial charge in [-0.1, -0.05) is 67.1 Å². The number of hydrogen-bond donors (Lipinski definition) is 1. The number of amides is 1. The topological polar surface area (TPSA) is 54.3 Å². The molecular weight excluding hydrogens is 446 g/mol. The number of aromatic nitrogens is 1. The zero-order valence-electron chi connectivity index (χ0n) is 20.6. The van der Waals surface area contributed by atoms with Crippen molar-refractivity contribution >= 4 is 22.7 Å². The van der Waals surface area contributed by atoms with E-state index in [-0.39, 0.29) is 11.8 Å². The summed E-state index contributed by atoms with van der Waals surface area (Å²) in [5.74, 6) is 0.0291. The standard InChI is InChI=1S/C31H31N3O2/c1-2-30(35)34-19-16-28-20-27(12-13-29(28)34)25-8-10-26(11-9-25)31(36)32-21-23-14-17-33(18-15-23)22-24-6-4-3-5-7-24/h3-14,16,19-20H,2,15,17-18,21-22H2,1H3,(H,32,36). The van der Waals surface area contributed by atoms with Crippen molar-refractivity contribution in [1.82, 2.24) is 14.8 Å². The van der Waals surface area contributed by atoms with Crippen molar-refractivity contribution in [3.8, 4) is 11.1 Å². The van der Waals surface area contributed by atoms with Gasteiger partial charge < -0.3 is 5.32 Å². The number of carbonyl (C=O) groups is 2. The zero-order valence-corrected chi connectivity index (χ0v) is 20.6. The number of fused-ring (bicyclic) bond motifs is 1. The summed E-state index contributed by atoms with van der Waals surface area (Å²) in [4.78, 5) is 27.3. The van der Waals surface area contributed by atoms with Crippen molar-refractivity contribution in [3.63, 3.8) is 0 Å². The van der Waals surface area contributed by atoms with E-state index in [9.17, 15) is 9.59 Å². The van der Waals surface area contributed by atoms with E-state index in [0.717, 1.165) is 48.1 Å². The van der Waals surface area contributed by atoms with Crippen molar-refractivity contribution in [2.24, 2.45) is 0 Å². The Morgan fingerprint density at radius 2 is 1.69 bits per heavy atom. The monoisotopic (exact) mass is 477 g/mol. The molecule has 0 unspecified atom stereocenters. The van der Waals surface area contributed by atoms with Gasteiger partial charge in [-0.2, -0.15) is 0 Å². The number of rotatable bonds is 7. The van der Waals surface area contributed by atoms with Gasteiger partial charge in [-0.25, -0.2) is 0 Å². The van der Waals surface area contributed by atoms with Crippen LogP contribution in [0.1, 0.15) is 40.5 Å². The maximum atomic E-state index is 12.7. The van der Waals surface area contributed by atoms with Crippen molar-refractivity contribution in [2.45, 2.75) is 26.3 Å². The summed E-state index contributed by atoms with van der Waals surface area (Å²) in [6.07, 6.45) is 5.52. The van der Waals surface area contributed by atoms with Crippen LogP contribution in [0.3, 0.4) is 0 Å². The first-order valence-electron chi connectivity index (χ1n) is 12.6. The summed E-state index contributed by atoms with van der Waals surface area (Å²) in [6, 6.07) is 26.3. The van der Waals surface area contributed by atoms with Crippen molar-refractivity contribution in [2.75, 3.05) is 19.6 Å². The second kappa shape index (κ2) is 10.8. The molecule has 1 aliphatic rings. The van der Waals surface area contributed by atoms with Gasteiger partial charge in [0.25, 0.3) is 5.91 Å². The number of hydrogen-bond acceptors (Lipinski definition) is 3. The van der Waals surface area contributed by atoms with E-state index in [0.29, 0.717) is 18.5 Å². The minimum Gasteiger partial charge on any atom is -0.348 e. The lowest BCUT2D eigenvalue weighted by molar-refractivity contribution is 0.0912. The summed E-state index contributed by atoms with van der Waals surface area (Å²) < 4.78 is 1.70. The summed E-state index contributed by atoms with van der Waals surface area (Å²) >= 11 is 0. The highest BCUT2D eigenvalue weighted by molar-refractivity contribution is 5.96. The molecule has 0 bridgehead atoms. The number of carbonyl (C=O) groups excluding carboxylic acids is 2. The van der Waals surface area contributed by atoms with Crippen molar-refractivity contribution < 1.29 is 9.59 Å². The third-order valence-corrected chi connectivity index (χ3v) is 6.85. The van der Waals surface area contributed by atoms with Crippen molar-refractivity contribution in [3.05, 3.63) is 108 Å². The number of nitrogens with zero attached hydrogens (tertiary/aromatic N) is 2. The Balaban J connectivity index is 1.17. The maximum absolute atomic E-state index is 12.7. The molecule has 36 heavy (non-hydrogen) atoms. The van der Waals surface area contributed by atoms with Crippen LogP contribution in [-0.2, 0) is 6.54 Å². The molecule has 3 aromatic carbocycles. The highest BCUT2D eigenvalue weighted by Gasteiger charge is 2.14. The van der Waals surface area contributed by atoms with Crippen LogP contribution in [0.25, 0.3) is 22.0 Å². The molecule has 0 atom stereocenters. The van der Waals surface area contributed by atoms with Gasteiger partial charge in [0, 0.05) is 49.7 Å². The Hall–Kier alpha value is -3.96. The lowest BCUT2D eigenvalue weighted by Crippen LogP contribution is -2.32. The van der Waals surface area contributed by atoms with E-state index in [1.807, 2.05) is 61.7 Å². The number of nitrogens with one attached hydrogen (secondary N) is 1. The normalized spacial score (nSPS) is 14.0. The first kappa shape index (κ1) is 23.8. The Morgan fingerprint density at radius 1 is 0.917 bits per heavy atom. The summed E-state index contributed by atoms with van der Waals surface area (Å²) in [6.45, 7) is 5.33. The molecule has 0 saturated carbocycles. The van der Waals surface area contributed by atoms with Gasteiger partial charge in [0.15, 0.2) is 0 Å². The SMILES string of the molecule is CCC(=O)n1ccc2cc(-c3ccc(C(=O)NCC4=CCN(Cc5ccccc5)CC4)cc3)ccc21. The second-order valence-electron chi connectivity index (χ2n) is 9.30. The zero-order chi connectivity index (χ0) is 24.9. The molecule has 1 amide bonds. The molecule has 0 fully saturated rings.